The molecule has 160 valence electrons. The zero-order valence-electron chi connectivity index (χ0n) is 16.7. The summed E-state index contributed by atoms with van der Waals surface area (Å²) < 4.78 is 10.1. The first kappa shape index (κ1) is 19.7. The Balaban J connectivity index is 1.26. The van der Waals surface area contributed by atoms with Crippen LogP contribution in [0.5, 0.6) is 0 Å². The number of rotatable bonds is 6. The summed E-state index contributed by atoms with van der Waals surface area (Å²) in [6, 6.07) is 10.9. The van der Waals surface area contributed by atoms with Crippen LogP contribution >= 0.6 is 11.3 Å². The molecule has 31 heavy (non-hydrogen) atoms. The highest BCUT2D eigenvalue weighted by molar-refractivity contribution is 7.16. The van der Waals surface area contributed by atoms with Crippen LogP contribution in [-0.4, -0.2) is 37.0 Å². The molecular weight excluding hydrogens is 418 g/mol. The van der Waals surface area contributed by atoms with E-state index in [1.807, 2.05) is 30.5 Å². The minimum atomic E-state index is -0.516. The van der Waals surface area contributed by atoms with Crippen molar-refractivity contribution in [1.29, 1.82) is 0 Å². The van der Waals surface area contributed by atoms with Gasteiger partial charge in [0.25, 0.3) is 0 Å². The Morgan fingerprint density at radius 1 is 1.19 bits per heavy atom. The van der Waals surface area contributed by atoms with E-state index in [0.717, 1.165) is 42.0 Å². The van der Waals surface area contributed by atoms with E-state index in [-0.39, 0.29) is 10.8 Å². The fourth-order valence-electron chi connectivity index (χ4n) is 4.22. The lowest BCUT2D eigenvalue weighted by Gasteiger charge is -2.31. The van der Waals surface area contributed by atoms with Gasteiger partial charge in [-0.05, 0) is 44.1 Å². The standard InChI is InChI=1S/C21H21N5O4S/c27-21-25(17-3-1-2-4-18(17)31-21)14-24-12-9-22-20(24)15-7-10-23(11-8-15)13-16-5-6-19(30-16)26(28)29/h1-6,9,12,15H,7-8,10-11,13-14H2. The van der Waals surface area contributed by atoms with Gasteiger partial charge in [0.05, 0.1) is 22.8 Å². The average Bonchev–Trinajstić information content (AvgIpc) is 3.49. The maximum absolute atomic E-state index is 12.5. The van der Waals surface area contributed by atoms with Crippen LogP contribution in [-0.2, 0) is 13.2 Å². The number of benzene rings is 1. The molecule has 0 spiro atoms. The van der Waals surface area contributed by atoms with E-state index >= 15 is 0 Å². The molecule has 0 bridgehead atoms. The van der Waals surface area contributed by atoms with Crippen molar-refractivity contribution in [3.8, 4) is 0 Å². The highest BCUT2D eigenvalue weighted by Crippen LogP contribution is 2.29. The van der Waals surface area contributed by atoms with Crippen LogP contribution in [0.4, 0.5) is 5.88 Å². The molecule has 0 N–H and O–H groups in total. The number of nitrogens with zero attached hydrogens (tertiary/aromatic N) is 5. The first-order valence-corrected chi connectivity index (χ1v) is 10.9. The molecule has 1 aliphatic heterocycles. The van der Waals surface area contributed by atoms with Gasteiger partial charge in [0.2, 0.25) is 0 Å². The lowest BCUT2D eigenvalue weighted by Crippen LogP contribution is -2.33. The highest BCUT2D eigenvalue weighted by atomic mass is 32.1. The molecule has 9 nitrogen and oxygen atoms in total. The number of piperidine rings is 1. The Morgan fingerprint density at radius 2 is 2.00 bits per heavy atom. The van der Waals surface area contributed by atoms with E-state index in [1.165, 1.54) is 17.4 Å². The molecular formula is C21H21N5O4S. The van der Waals surface area contributed by atoms with Crippen LogP contribution in [0.25, 0.3) is 10.2 Å². The van der Waals surface area contributed by atoms with Crippen LogP contribution < -0.4 is 4.87 Å². The smallest absolute Gasteiger partial charge is 0.404 e. The van der Waals surface area contributed by atoms with E-state index in [4.69, 9.17) is 4.42 Å². The minimum Gasteiger partial charge on any atom is -0.404 e. The van der Waals surface area contributed by atoms with Gasteiger partial charge in [-0.25, -0.2) is 4.98 Å². The topological polar surface area (TPSA) is 99.3 Å². The Bertz CT molecular complexity index is 1280. The maximum Gasteiger partial charge on any atom is 0.433 e. The molecule has 4 aromatic rings. The second-order valence-electron chi connectivity index (χ2n) is 7.71. The van der Waals surface area contributed by atoms with Gasteiger partial charge >= 0.3 is 10.8 Å². The molecule has 5 rings (SSSR count). The van der Waals surface area contributed by atoms with Gasteiger partial charge in [-0.3, -0.25) is 24.4 Å². The quantitative estimate of drug-likeness (QED) is 0.336. The Labute approximate surface area is 181 Å². The fraction of sp³-hybridized carbons (Fsp3) is 0.333. The molecule has 0 aliphatic carbocycles. The van der Waals surface area contributed by atoms with Crippen LogP contribution in [0.15, 0.2) is 58.0 Å². The normalized spacial score (nSPS) is 15.6. The van der Waals surface area contributed by atoms with Gasteiger partial charge in [0.1, 0.15) is 23.2 Å². The number of fused-ring (bicyclic) bond motifs is 1. The third-order valence-electron chi connectivity index (χ3n) is 5.77. The van der Waals surface area contributed by atoms with Crippen LogP contribution in [0.1, 0.15) is 30.3 Å². The largest absolute Gasteiger partial charge is 0.433 e. The van der Waals surface area contributed by atoms with E-state index < -0.39 is 4.92 Å². The van der Waals surface area contributed by atoms with Crippen molar-refractivity contribution >= 4 is 27.4 Å². The van der Waals surface area contributed by atoms with Crippen molar-refractivity contribution in [2.24, 2.45) is 0 Å². The second-order valence-corrected chi connectivity index (χ2v) is 8.70. The van der Waals surface area contributed by atoms with E-state index in [9.17, 15) is 14.9 Å². The summed E-state index contributed by atoms with van der Waals surface area (Å²) >= 11 is 1.26. The molecule has 0 unspecified atom stereocenters. The van der Waals surface area contributed by atoms with Gasteiger partial charge in [0.15, 0.2) is 0 Å². The SMILES string of the molecule is O=c1sc2ccccc2n1Cn1ccnc1C1CCN(Cc2ccc([N+](=O)[O-])o2)CC1. The number of imidazole rings is 1. The van der Waals surface area contributed by atoms with E-state index in [0.29, 0.717) is 24.9 Å². The zero-order chi connectivity index (χ0) is 21.4. The summed E-state index contributed by atoms with van der Waals surface area (Å²) in [6.07, 6.45) is 5.59. The summed E-state index contributed by atoms with van der Waals surface area (Å²) in [5.41, 5.74) is 0.944. The van der Waals surface area contributed by atoms with Gasteiger partial charge in [-0.15, -0.1) is 0 Å². The Kier molecular flexibility index (Phi) is 5.16. The summed E-state index contributed by atoms with van der Waals surface area (Å²) in [6.45, 7) is 2.72. The third-order valence-corrected chi connectivity index (χ3v) is 6.73. The molecule has 1 aromatic carbocycles. The van der Waals surface area contributed by atoms with Crippen LogP contribution in [0, 0.1) is 10.1 Å². The van der Waals surface area contributed by atoms with Crippen LogP contribution in [0.3, 0.4) is 0 Å². The highest BCUT2D eigenvalue weighted by Gasteiger charge is 2.25. The molecule has 1 saturated heterocycles. The van der Waals surface area contributed by atoms with Gasteiger partial charge in [-0.2, -0.15) is 0 Å². The number of likely N-dealkylation sites (tertiary alicyclic amines) is 1. The van der Waals surface area contributed by atoms with Gasteiger partial charge in [-0.1, -0.05) is 23.5 Å². The molecule has 1 aliphatic rings. The van der Waals surface area contributed by atoms with E-state index in [2.05, 4.69) is 14.5 Å². The number of furan rings is 1. The molecule has 3 aromatic heterocycles. The summed E-state index contributed by atoms with van der Waals surface area (Å²) in [4.78, 5) is 29.6. The van der Waals surface area contributed by atoms with Crippen molar-refractivity contribution < 1.29 is 9.34 Å². The molecule has 0 atom stereocenters. The van der Waals surface area contributed by atoms with Crippen LogP contribution in [0.2, 0.25) is 0 Å². The van der Waals surface area contributed by atoms with Gasteiger partial charge in [0, 0.05) is 18.3 Å². The van der Waals surface area contributed by atoms with Gasteiger partial charge < -0.3 is 8.98 Å². The summed E-state index contributed by atoms with van der Waals surface area (Å²) in [5.74, 6) is 1.69. The van der Waals surface area contributed by atoms with Crippen molar-refractivity contribution in [3.05, 3.63) is 80.2 Å². The lowest BCUT2D eigenvalue weighted by molar-refractivity contribution is -0.402. The maximum atomic E-state index is 12.5. The Hall–Kier alpha value is -3.24. The van der Waals surface area contributed by atoms with E-state index in [1.54, 1.807) is 16.8 Å². The first-order valence-electron chi connectivity index (χ1n) is 10.1. The third kappa shape index (κ3) is 3.91. The predicted molar refractivity (Wildman–Crippen MR) is 116 cm³/mol. The number of para-hydroxylation sites is 1. The molecule has 0 saturated carbocycles. The molecule has 4 heterocycles. The Morgan fingerprint density at radius 3 is 2.77 bits per heavy atom. The first-order chi connectivity index (χ1) is 15.1. The number of hydrogen-bond acceptors (Lipinski definition) is 7. The number of nitro groups is 1. The lowest BCUT2D eigenvalue weighted by atomic mass is 9.96. The molecule has 0 amide bonds. The number of hydrogen-bond donors (Lipinski definition) is 0. The second kappa shape index (κ2) is 8.12. The zero-order valence-corrected chi connectivity index (χ0v) is 17.5. The fourth-order valence-corrected chi connectivity index (χ4v) is 5.10. The van der Waals surface area contributed by atoms with Crippen molar-refractivity contribution in [2.45, 2.75) is 32.0 Å². The number of aromatic nitrogens is 3. The van der Waals surface area contributed by atoms with Crippen molar-refractivity contribution in [1.82, 2.24) is 19.0 Å². The minimum absolute atomic E-state index is 0.0308. The molecule has 0 radical (unpaired) electrons. The van der Waals surface area contributed by atoms with Crippen molar-refractivity contribution in [3.63, 3.8) is 0 Å². The molecule has 1 fully saturated rings. The van der Waals surface area contributed by atoms with Crippen molar-refractivity contribution in [2.75, 3.05) is 13.1 Å². The average molecular weight is 439 g/mol. The monoisotopic (exact) mass is 439 g/mol. The predicted octanol–water partition coefficient (Wildman–Crippen LogP) is 3.65. The summed E-state index contributed by atoms with van der Waals surface area (Å²) in [7, 11) is 0. The summed E-state index contributed by atoms with van der Waals surface area (Å²) in [5, 5.41) is 10.8. The molecule has 10 heteroatoms. The number of thiazole rings is 1.